The van der Waals surface area contributed by atoms with E-state index >= 15 is 0 Å². The third-order valence-corrected chi connectivity index (χ3v) is 4.88. The van der Waals surface area contributed by atoms with E-state index in [1.807, 2.05) is 44.2 Å². The number of aryl methyl sites for hydroxylation is 2. The van der Waals surface area contributed by atoms with Crippen LogP contribution < -0.4 is 15.4 Å². The fraction of sp³-hybridized carbons (Fsp3) is 0.391. The topological polar surface area (TPSA) is 67.4 Å². The molecule has 0 saturated heterocycles. The van der Waals surface area contributed by atoms with E-state index in [0.717, 1.165) is 35.3 Å². The van der Waals surface area contributed by atoms with Crippen LogP contribution in [0, 0.1) is 19.8 Å². The van der Waals surface area contributed by atoms with Crippen molar-refractivity contribution in [3.63, 3.8) is 0 Å². The summed E-state index contributed by atoms with van der Waals surface area (Å²) in [5.41, 5.74) is 4.47. The number of amides is 2. The van der Waals surface area contributed by atoms with Crippen molar-refractivity contribution in [1.29, 1.82) is 0 Å². The Balaban J connectivity index is 1.63. The minimum atomic E-state index is -0.231. The number of anilines is 2. The summed E-state index contributed by atoms with van der Waals surface area (Å²) < 4.78 is 5.81. The van der Waals surface area contributed by atoms with E-state index < -0.39 is 0 Å². The molecule has 0 radical (unpaired) electrons. The number of nitrogens with one attached hydrogen (secondary N) is 2. The van der Waals surface area contributed by atoms with Gasteiger partial charge in [0.25, 0.3) is 5.91 Å². The molecule has 0 heterocycles. The fourth-order valence-electron chi connectivity index (χ4n) is 3.00. The lowest BCUT2D eigenvalue weighted by Gasteiger charge is -2.15. The zero-order chi connectivity index (χ0) is 20.3. The minimum Gasteiger partial charge on any atom is -0.483 e. The Morgan fingerprint density at radius 3 is 2.50 bits per heavy atom. The number of carbonyl (C=O) groups excluding carboxylic acids is 2. The average molecular weight is 380 g/mol. The molecule has 3 rings (SSSR count). The highest BCUT2D eigenvalue weighted by atomic mass is 16.5. The standard InChI is InChI=1S/C23H28N2O3/c1-14(2)19-10-5-15(3)11-21(19)28-13-22(26)25-20-12-18(9-6-16(20)4)24-23(27)17-7-8-17/h5-6,9-12,14,17H,7-8,13H2,1-4H3,(H,24,27)(H,25,26). The maximum atomic E-state index is 12.4. The van der Waals surface area contributed by atoms with Crippen molar-refractivity contribution in [2.45, 2.75) is 46.5 Å². The molecule has 2 amide bonds. The van der Waals surface area contributed by atoms with Gasteiger partial charge in [-0.05, 0) is 67.5 Å². The molecule has 0 bridgehead atoms. The highest BCUT2D eigenvalue weighted by Gasteiger charge is 2.29. The predicted octanol–water partition coefficient (Wildman–Crippen LogP) is 4.79. The Morgan fingerprint density at radius 1 is 1.07 bits per heavy atom. The van der Waals surface area contributed by atoms with Gasteiger partial charge in [0.05, 0.1) is 0 Å². The molecule has 0 aromatic heterocycles. The SMILES string of the molecule is Cc1ccc(C(C)C)c(OCC(=O)Nc2cc(NC(=O)C3CC3)ccc2C)c1. The van der Waals surface area contributed by atoms with Gasteiger partial charge in [0.2, 0.25) is 5.91 Å². The Hall–Kier alpha value is -2.82. The normalized spacial score (nSPS) is 13.3. The van der Waals surface area contributed by atoms with Gasteiger partial charge in [0, 0.05) is 17.3 Å². The van der Waals surface area contributed by atoms with Gasteiger partial charge in [-0.25, -0.2) is 0 Å². The maximum Gasteiger partial charge on any atom is 0.262 e. The molecule has 148 valence electrons. The van der Waals surface area contributed by atoms with E-state index in [1.165, 1.54) is 0 Å². The first kappa shape index (κ1) is 19.9. The number of rotatable bonds is 7. The number of ether oxygens (including phenoxy) is 1. The van der Waals surface area contributed by atoms with Crippen LogP contribution in [0.1, 0.15) is 49.3 Å². The van der Waals surface area contributed by atoms with Gasteiger partial charge in [-0.1, -0.05) is 32.0 Å². The van der Waals surface area contributed by atoms with Gasteiger partial charge in [-0.15, -0.1) is 0 Å². The summed E-state index contributed by atoms with van der Waals surface area (Å²) in [7, 11) is 0. The lowest BCUT2D eigenvalue weighted by Crippen LogP contribution is -2.21. The summed E-state index contributed by atoms with van der Waals surface area (Å²) in [6.07, 6.45) is 1.91. The third kappa shape index (κ3) is 5.12. The smallest absolute Gasteiger partial charge is 0.262 e. The maximum absolute atomic E-state index is 12.4. The van der Waals surface area contributed by atoms with Crippen molar-refractivity contribution >= 4 is 23.2 Å². The van der Waals surface area contributed by atoms with E-state index in [2.05, 4.69) is 24.5 Å². The molecule has 1 saturated carbocycles. The van der Waals surface area contributed by atoms with Crippen LogP contribution in [-0.2, 0) is 9.59 Å². The first-order chi connectivity index (χ1) is 13.3. The van der Waals surface area contributed by atoms with Gasteiger partial charge < -0.3 is 15.4 Å². The lowest BCUT2D eigenvalue weighted by atomic mass is 10.0. The molecule has 0 atom stereocenters. The number of benzene rings is 2. The van der Waals surface area contributed by atoms with Gasteiger partial charge >= 0.3 is 0 Å². The second kappa shape index (κ2) is 8.46. The number of carbonyl (C=O) groups is 2. The first-order valence-corrected chi connectivity index (χ1v) is 9.78. The van der Waals surface area contributed by atoms with Crippen LogP contribution >= 0.6 is 0 Å². The van der Waals surface area contributed by atoms with Crippen LogP contribution in [0.2, 0.25) is 0 Å². The molecule has 1 aliphatic rings. The summed E-state index contributed by atoms with van der Waals surface area (Å²) in [4.78, 5) is 24.4. The predicted molar refractivity (Wildman–Crippen MR) is 112 cm³/mol. The van der Waals surface area contributed by atoms with Crippen LogP contribution in [0.25, 0.3) is 0 Å². The van der Waals surface area contributed by atoms with E-state index in [1.54, 1.807) is 6.07 Å². The third-order valence-electron chi connectivity index (χ3n) is 4.88. The average Bonchev–Trinajstić information content (AvgIpc) is 3.48. The largest absolute Gasteiger partial charge is 0.483 e. The van der Waals surface area contributed by atoms with Crippen LogP contribution in [-0.4, -0.2) is 18.4 Å². The monoisotopic (exact) mass is 380 g/mol. The summed E-state index contributed by atoms with van der Waals surface area (Å²) in [6.45, 7) is 8.05. The molecule has 0 spiro atoms. The molecule has 28 heavy (non-hydrogen) atoms. The van der Waals surface area contributed by atoms with E-state index in [4.69, 9.17) is 4.74 Å². The Morgan fingerprint density at radius 2 is 1.82 bits per heavy atom. The molecule has 1 aliphatic carbocycles. The van der Waals surface area contributed by atoms with Crippen molar-refractivity contribution in [3.8, 4) is 5.75 Å². The molecule has 1 fully saturated rings. The first-order valence-electron chi connectivity index (χ1n) is 9.78. The van der Waals surface area contributed by atoms with Gasteiger partial charge in [0.15, 0.2) is 6.61 Å². The second-order valence-corrected chi connectivity index (χ2v) is 7.83. The van der Waals surface area contributed by atoms with E-state index in [-0.39, 0.29) is 24.3 Å². The molecule has 2 N–H and O–H groups in total. The zero-order valence-electron chi connectivity index (χ0n) is 17.0. The van der Waals surface area contributed by atoms with Crippen molar-refractivity contribution < 1.29 is 14.3 Å². The van der Waals surface area contributed by atoms with E-state index in [9.17, 15) is 9.59 Å². The molecule has 5 heteroatoms. The van der Waals surface area contributed by atoms with Gasteiger partial charge in [-0.3, -0.25) is 9.59 Å². The lowest BCUT2D eigenvalue weighted by molar-refractivity contribution is -0.118. The summed E-state index contributed by atoms with van der Waals surface area (Å²) in [5, 5.41) is 5.79. The highest BCUT2D eigenvalue weighted by molar-refractivity contribution is 5.96. The van der Waals surface area contributed by atoms with Gasteiger partial charge in [0.1, 0.15) is 5.75 Å². The Kier molecular flexibility index (Phi) is 6.02. The van der Waals surface area contributed by atoms with Crippen molar-refractivity contribution in [3.05, 3.63) is 53.1 Å². The summed E-state index contributed by atoms with van der Waals surface area (Å²) >= 11 is 0. The number of hydrogen-bond donors (Lipinski definition) is 2. The van der Waals surface area contributed by atoms with E-state index in [0.29, 0.717) is 17.3 Å². The molecular weight excluding hydrogens is 352 g/mol. The van der Waals surface area contributed by atoms with Crippen LogP contribution in [0.15, 0.2) is 36.4 Å². The van der Waals surface area contributed by atoms with Crippen molar-refractivity contribution in [1.82, 2.24) is 0 Å². The molecule has 0 aliphatic heterocycles. The minimum absolute atomic E-state index is 0.0464. The zero-order valence-corrected chi connectivity index (χ0v) is 17.0. The van der Waals surface area contributed by atoms with Crippen molar-refractivity contribution in [2.75, 3.05) is 17.2 Å². The number of hydrogen-bond acceptors (Lipinski definition) is 3. The molecular formula is C23H28N2O3. The van der Waals surface area contributed by atoms with Crippen LogP contribution in [0.5, 0.6) is 5.75 Å². The fourth-order valence-corrected chi connectivity index (χ4v) is 3.00. The van der Waals surface area contributed by atoms with Gasteiger partial charge in [-0.2, -0.15) is 0 Å². The van der Waals surface area contributed by atoms with Crippen molar-refractivity contribution in [2.24, 2.45) is 5.92 Å². The summed E-state index contributed by atoms with van der Waals surface area (Å²) in [5.74, 6) is 1.01. The molecule has 5 nitrogen and oxygen atoms in total. The molecule has 2 aromatic rings. The highest BCUT2D eigenvalue weighted by Crippen LogP contribution is 2.31. The Labute approximate surface area is 166 Å². The van der Waals surface area contributed by atoms with Crippen LogP contribution in [0.4, 0.5) is 11.4 Å². The van der Waals surface area contributed by atoms with Crippen LogP contribution in [0.3, 0.4) is 0 Å². The quantitative estimate of drug-likeness (QED) is 0.725. The second-order valence-electron chi connectivity index (χ2n) is 7.83. The molecule has 0 unspecified atom stereocenters. The Bertz CT molecular complexity index is 885. The summed E-state index contributed by atoms with van der Waals surface area (Å²) in [6, 6.07) is 11.6. The molecule has 2 aromatic carbocycles.